The van der Waals surface area contributed by atoms with E-state index in [9.17, 15) is 13.2 Å². The average molecular weight is 399 g/mol. The number of nitrogens with one attached hydrogen (secondary N) is 2. The van der Waals surface area contributed by atoms with Crippen LogP contribution in [0.1, 0.15) is 32.8 Å². The van der Waals surface area contributed by atoms with Gasteiger partial charge in [0.2, 0.25) is 15.9 Å². The predicted octanol–water partition coefficient (Wildman–Crippen LogP) is 2.55. The molecule has 1 saturated heterocycles. The van der Waals surface area contributed by atoms with Crippen LogP contribution in [0.5, 0.6) is 0 Å². The van der Waals surface area contributed by atoms with Crippen LogP contribution in [0.15, 0.2) is 29.2 Å². The van der Waals surface area contributed by atoms with Crippen molar-refractivity contribution in [2.75, 3.05) is 6.54 Å². The molecule has 1 aromatic carbocycles. The Morgan fingerprint density at radius 3 is 2.31 bits per heavy atom. The fourth-order valence-corrected chi connectivity index (χ4v) is 5.03. The second-order valence-corrected chi connectivity index (χ2v) is 14.9. The maximum atomic E-state index is 12.6. The molecule has 1 fully saturated rings. The van der Waals surface area contributed by atoms with Crippen LogP contribution >= 0.6 is 0 Å². The molecule has 0 spiro atoms. The van der Waals surface area contributed by atoms with E-state index < -0.39 is 30.5 Å². The van der Waals surface area contributed by atoms with Gasteiger partial charge in [-0.15, -0.1) is 0 Å². The molecule has 8 heteroatoms. The SMILES string of the molecule is Cc1ccc(S(=O)(=O)N[C@@H]2CNC(=O)[C@H](O[Si](C)(C)C(C)(C)C)C2)cc1. The van der Waals surface area contributed by atoms with Gasteiger partial charge in [-0.2, -0.15) is 0 Å². The first-order chi connectivity index (χ1) is 11.8. The second-order valence-electron chi connectivity index (χ2n) is 8.48. The maximum Gasteiger partial charge on any atom is 0.248 e. The number of benzene rings is 1. The van der Waals surface area contributed by atoms with Crippen LogP contribution in [0.25, 0.3) is 0 Å². The fraction of sp³-hybridized carbons (Fsp3) is 0.611. The molecule has 146 valence electrons. The third-order valence-electron chi connectivity index (χ3n) is 5.21. The van der Waals surface area contributed by atoms with Gasteiger partial charge in [0.1, 0.15) is 6.10 Å². The molecule has 2 atom stereocenters. The number of piperidine rings is 1. The summed E-state index contributed by atoms with van der Waals surface area (Å²) in [5.41, 5.74) is 0.997. The first-order valence-corrected chi connectivity index (χ1v) is 13.3. The summed E-state index contributed by atoms with van der Waals surface area (Å²) in [5, 5.41) is 2.74. The molecular weight excluding hydrogens is 368 g/mol. The molecule has 0 bridgehead atoms. The summed E-state index contributed by atoms with van der Waals surface area (Å²) in [6, 6.07) is 6.31. The topological polar surface area (TPSA) is 84.5 Å². The van der Waals surface area contributed by atoms with Gasteiger partial charge in [-0.3, -0.25) is 4.79 Å². The van der Waals surface area contributed by atoms with Gasteiger partial charge < -0.3 is 9.74 Å². The second kappa shape index (κ2) is 7.42. The molecule has 0 aromatic heterocycles. The average Bonchev–Trinajstić information content (AvgIpc) is 2.49. The standard InChI is InChI=1S/C18H30N2O4SSi/c1-13-7-9-15(10-8-13)25(22,23)20-14-11-16(17(21)19-12-14)24-26(5,6)18(2,3)4/h7-10,14,16,20H,11-12H2,1-6H3,(H,19,21)/t14-,16+/m0/s1. The summed E-state index contributed by atoms with van der Waals surface area (Å²) in [7, 11) is -5.77. The van der Waals surface area contributed by atoms with Crippen LogP contribution in [-0.4, -0.2) is 41.3 Å². The summed E-state index contributed by atoms with van der Waals surface area (Å²) >= 11 is 0. The van der Waals surface area contributed by atoms with Crippen LogP contribution in [0, 0.1) is 6.92 Å². The third-order valence-corrected chi connectivity index (χ3v) is 11.2. The van der Waals surface area contributed by atoms with Crippen LogP contribution in [0.3, 0.4) is 0 Å². The maximum absolute atomic E-state index is 12.6. The Morgan fingerprint density at radius 1 is 1.19 bits per heavy atom. The first-order valence-electron chi connectivity index (χ1n) is 8.86. The fourth-order valence-electron chi connectivity index (χ4n) is 2.52. The number of hydrogen-bond acceptors (Lipinski definition) is 4. The summed E-state index contributed by atoms with van der Waals surface area (Å²) in [4.78, 5) is 12.5. The highest BCUT2D eigenvalue weighted by molar-refractivity contribution is 7.89. The van der Waals surface area contributed by atoms with Crippen LogP contribution in [-0.2, 0) is 19.2 Å². The Bertz CT molecular complexity index is 754. The smallest absolute Gasteiger partial charge is 0.248 e. The van der Waals surface area contributed by atoms with Gasteiger partial charge in [-0.05, 0) is 43.6 Å². The first kappa shape index (κ1) is 21.1. The highest BCUT2D eigenvalue weighted by Crippen LogP contribution is 2.38. The summed E-state index contributed by atoms with van der Waals surface area (Å²) in [6.45, 7) is 12.7. The monoisotopic (exact) mass is 398 g/mol. The number of amides is 1. The molecular formula is C18H30N2O4SSi. The normalized spacial score (nSPS) is 22.2. The minimum Gasteiger partial charge on any atom is -0.405 e. The molecule has 1 aliphatic rings. The van der Waals surface area contributed by atoms with Gasteiger partial charge in [0.05, 0.1) is 4.90 Å². The summed E-state index contributed by atoms with van der Waals surface area (Å²) in [6.07, 6.45) is -0.293. The molecule has 1 amide bonds. The zero-order chi connectivity index (χ0) is 19.8. The minimum absolute atomic E-state index is 0.0262. The van der Waals surface area contributed by atoms with E-state index in [1.54, 1.807) is 24.3 Å². The van der Waals surface area contributed by atoms with E-state index in [0.717, 1.165) is 5.56 Å². The van der Waals surface area contributed by atoms with Gasteiger partial charge in [-0.25, -0.2) is 13.1 Å². The highest BCUT2D eigenvalue weighted by atomic mass is 32.2. The van der Waals surface area contributed by atoms with E-state index in [2.05, 4.69) is 43.9 Å². The van der Waals surface area contributed by atoms with Gasteiger partial charge in [0.25, 0.3) is 0 Å². The molecule has 1 heterocycles. The number of aryl methyl sites for hydroxylation is 1. The van der Waals surface area contributed by atoms with E-state index >= 15 is 0 Å². The number of sulfonamides is 1. The zero-order valence-electron chi connectivity index (χ0n) is 16.4. The van der Waals surface area contributed by atoms with Crippen LogP contribution < -0.4 is 10.0 Å². The minimum atomic E-state index is -3.64. The lowest BCUT2D eigenvalue weighted by Gasteiger charge is -2.41. The van der Waals surface area contributed by atoms with E-state index in [1.165, 1.54) is 0 Å². The Balaban J connectivity index is 2.10. The van der Waals surface area contributed by atoms with Crippen molar-refractivity contribution in [2.24, 2.45) is 0 Å². The molecule has 2 N–H and O–H groups in total. The van der Waals surface area contributed by atoms with Crippen molar-refractivity contribution < 1.29 is 17.6 Å². The Kier molecular flexibility index (Phi) is 6.02. The number of hydrogen-bond donors (Lipinski definition) is 2. The third kappa shape index (κ3) is 4.94. The van der Waals surface area contributed by atoms with Gasteiger partial charge >= 0.3 is 0 Å². The quantitative estimate of drug-likeness (QED) is 0.747. The summed E-state index contributed by atoms with van der Waals surface area (Å²) < 4.78 is 34.1. The van der Waals surface area contributed by atoms with E-state index in [0.29, 0.717) is 6.42 Å². The molecule has 2 rings (SSSR count). The lowest BCUT2D eigenvalue weighted by Crippen LogP contribution is -2.57. The predicted molar refractivity (Wildman–Crippen MR) is 105 cm³/mol. The van der Waals surface area contributed by atoms with Crippen LogP contribution in [0.2, 0.25) is 18.1 Å². The number of carbonyl (C=O) groups excluding carboxylic acids is 1. The molecule has 0 unspecified atom stereocenters. The number of rotatable bonds is 5. The Morgan fingerprint density at radius 2 is 1.77 bits per heavy atom. The molecule has 1 aliphatic heterocycles. The van der Waals surface area contributed by atoms with Gasteiger partial charge in [-0.1, -0.05) is 38.5 Å². The van der Waals surface area contributed by atoms with Crippen molar-refractivity contribution in [3.63, 3.8) is 0 Å². The number of carbonyl (C=O) groups is 1. The highest BCUT2D eigenvalue weighted by Gasteiger charge is 2.42. The van der Waals surface area contributed by atoms with Crippen molar-refractivity contribution >= 4 is 24.2 Å². The molecule has 26 heavy (non-hydrogen) atoms. The lowest BCUT2D eigenvalue weighted by atomic mass is 10.1. The van der Waals surface area contributed by atoms with Crippen molar-refractivity contribution in [1.29, 1.82) is 0 Å². The van der Waals surface area contributed by atoms with Gasteiger partial charge in [0, 0.05) is 12.6 Å². The van der Waals surface area contributed by atoms with E-state index in [4.69, 9.17) is 4.43 Å². The molecule has 6 nitrogen and oxygen atoms in total. The van der Waals surface area contributed by atoms with Crippen molar-refractivity contribution in [1.82, 2.24) is 10.0 Å². The molecule has 0 aliphatic carbocycles. The molecule has 0 radical (unpaired) electrons. The van der Waals surface area contributed by atoms with Crippen molar-refractivity contribution in [2.45, 2.75) is 69.3 Å². The molecule has 1 aromatic rings. The lowest BCUT2D eigenvalue weighted by molar-refractivity contribution is -0.131. The van der Waals surface area contributed by atoms with Gasteiger partial charge in [0.15, 0.2) is 8.32 Å². The van der Waals surface area contributed by atoms with E-state index in [-0.39, 0.29) is 22.4 Å². The molecule has 0 saturated carbocycles. The van der Waals surface area contributed by atoms with Crippen molar-refractivity contribution in [3.05, 3.63) is 29.8 Å². The summed E-state index contributed by atoms with van der Waals surface area (Å²) in [5.74, 6) is -0.166. The zero-order valence-corrected chi connectivity index (χ0v) is 18.2. The Hall–Kier alpha value is -1.22. The van der Waals surface area contributed by atoms with E-state index in [1.807, 2.05) is 6.92 Å². The van der Waals surface area contributed by atoms with Crippen LogP contribution in [0.4, 0.5) is 0 Å². The largest absolute Gasteiger partial charge is 0.405 e. The Labute approximate surface area is 157 Å². The van der Waals surface area contributed by atoms with Crippen molar-refractivity contribution in [3.8, 4) is 0 Å².